The Kier molecular flexibility index (Phi) is 13.5. The molecule has 0 fully saturated rings. The van der Waals surface area contributed by atoms with Crippen LogP contribution >= 0.6 is 0 Å². The van der Waals surface area contributed by atoms with Crippen molar-refractivity contribution in [1.29, 1.82) is 0 Å². The minimum absolute atomic E-state index is 0.0122. The summed E-state index contributed by atoms with van der Waals surface area (Å²) in [5.41, 5.74) is 0.291. The lowest BCUT2D eigenvalue weighted by molar-refractivity contribution is -0.157. The van der Waals surface area contributed by atoms with Gasteiger partial charge in [0.05, 0.1) is 24.3 Å². The molecule has 0 spiro atoms. The van der Waals surface area contributed by atoms with Gasteiger partial charge in [-0.1, -0.05) is 6.07 Å². The summed E-state index contributed by atoms with van der Waals surface area (Å²) in [7, 11) is 0. The van der Waals surface area contributed by atoms with E-state index in [1.54, 1.807) is 0 Å². The zero-order chi connectivity index (χ0) is 22.2. The number of hydrogen-bond donors (Lipinski definition) is 4. The third-order valence-electron chi connectivity index (χ3n) is 3.70. The number of carboxylic acids is 2. The van der Waals surface area contributed by atoms with Crippen molar-refractivity contribution in [3.8, 4) is 0 Å². The minimum atomic E-state index is -1.26. The maximum Gasteiger partial charge on any atom is 0.336 e. The van der Waals surface area contributed by atoms with Crippen LogP contribution in [0, 0.1) is 0 Å². The molecular formula is C18H26O12. The molecule has 12 nitrogen and oxygen atoms in total. The maximum absolute atomic E-state index is 11.8. The molecule has 1 aromatic rings. The first-order valence-electron chi connectivity index (χ1n) is 8.82. The van der Waals surface area contributed by atoms with Gasteiger partial charge >= 0.3 is 11.9 Å². The Morgan fingerprint density at radius 2 is 1.23 bits per heavy atom. The molecule has 30 heavy (non-hydrogen) atoms. The van der Waals surface area contributed by atoms with Gasteiger partial charge in [0.2, 0.25) is 0 Å². The van der Waals surface area contributed by atoms with Gasteiger partial charge in [-0.15, -0.1) is 0 Å². The van der Waals surface area contributed by atoms with E-state index in [1.807, 2.05) is 0 Å². The third-order valence-corrected chi connectivity index (χ3v) is 3.70. The molecule has 0 bridgehead atoms. The first-order chi connectivity index (χ1) is 14.5. The van der Waals surface area contributed by atoms with Crippen molar-refractivity contribution >= 4 is 11.9 Å². The normalized spacial score (nSPS) is 11.0. The largest absolute Gasteiger partial charge is 0.478 e. The highest BCUT2D eigenvalue weighted by Crippen LogP contribution is 2.22. The fourth-order valence-corrected chi connectivity index (χ4v) is 2.48. The second-order valence-corrected chi connectivity index (χ2v) is 5.60. The van der Waals surface area contributed by atoms with E-state index >= 15 is 0 Å². The molecule has 0 unspecified atom stereocenters. The van der Waals surface area contributed by atoms with Crippen LogP contribution in [0.3, 0.4) is 0 Å². The Bertz CT molecular complexity index is 648. The summed E-state index contributed by atoms with van der Waals surface area (Å²) >= 11 is 0. The van der Waals surface area contributed by atoms with Crippen molar-refractivity contribution in [1.82, 2.24) is 0 Å². The number of aliphatic hydroxyl groups is 2. The van der Waals surface area contributed by atoms with Gasteiger partial charge < -0.3 is 48.8 Å². The fraction of sp³-hybridized carbons (Fsp3) is 0.556. The van der Waals surface area contributed by atoms with Crippen molar-refractivity contribution in [3.63, 3.8) is 0 Å². The second-order valence-electron chi connectivity index (χ2n) is 5.60. The van der Waals surface area contributed by atoms with Crippen molar-refractivity contribution in [2.45, 2.75) is 12.8 Å². The average Bonchev–Trinajstić information content (AvgIpc) is 2.71. The van der Waals surface area contributed by atoms with Gasteiger partial charge in [0.25, 0.3) is 0 Å². The van der Waals surface area contributed by atoms with Crippen LogP contribution in [0.25, 0.3) is 0 Å². The van der Waals surface area contributed by atoms with Crippen LogP contribution in [0.1, 0.15) is 31.8 Å². The molecule has 0 amide bonds. The molecule has 0 saturated carbocycles. The first-order valence-corrected chi connectivity index (χ1v) is 8.82. The Morgan fingerprint density at radius 1 is 0.700 bits per heavy atom. The number of hydrogen-bond acceptors (Lipinski definition) is 10. The molecule has 0 aromatic heterocycles. The van der Waals surface area contributed by atoms with E-state index in [1.165, 1.54) is 12.1 Å². The predicted octanol–water partition coefficient (Wildman–Crippen LogP) is -0.00280. The fourth-order valence-electron chi connectivity index (χ4n) is 2.48. The smallest absolute Gasteiger partial charge is 0.336 e. The summed E-state index contributed by atoms with van der Waals surface area (Å²) in [6, 6.07) is 2.78. The zero-order valence-electron chi connectivity index (χ0n) is 16.3. The quantitative estimate of drug-likeness (QED) is 0.180. The number of aliphatic hydroxyl groups excluding tert-OH is 2. The van der Waals surface area contributed by atoms with Crippen LogP contribution < -0.4 is 0 Å². The number of benzene rings is 1. The van der Waals surface area contributed by atoms with E-state index in [0.717, 1.165) is 0 Å². The molecule has 0 heterocycles. The van der Waals surface area contributed by atoms with Gasteiger partial charge in [-0.05, 0) is 30.0 Å². The summed E-state index contributed by atoms with van der Waals surface area (Å²) in [6.07, 6.45) is 0.241. The van der Waals surface area contributed by atoms with Crippen molar-refractivity contribution in [3.05, 3.63) is 34.4 Å². The van der Waals surface area contributed by atoms with Crippen LogP contribution in [0.4, 0.5) is 0 Å². The minimum Gasteiger partial charge on any atom is -0.478 e. The van der Waals surface area contributed by atoms with Gasteiger partial charge in [0, 0.05) is 0 Å². The Morgan fingerprint density at radius 3 is 1.73 bits per heavy atom. The number of carboxylic acid groups (broad SMARTS) is 2. The lowest BCUT2D eigenvalue weighted by Crippen LogP contribution is -2.17. The standard InChI is InChI=1S/C18H26O12/c19-7-27-11-29-9-25-5-3-13-1-2-15(17(21)22)14(16(13)18(23)24)4-6-26-10-30-12-28-8-20/h1-2,19-20H,3-12H2,(H,21,22)(H,23,24). The van der Waals surface area contributed by atoms with E-state index < -0.39 is 25.5 Å². The molecule has 170 valence electrons. The lowest BCUT2D eigenvalue weighted by Gasteiger charge is -2.15. The SMILES string of the molecule is O=C(O)c1ccc(CCOCOCOCO)c(C(=O)O)c1CCOCOCOCO. The molecule has 0 aliphatic heterocycles. The van der Waals surface area contributed by atoms with Crippen LogP contribution in [0.15, 0.2) is 12.1 Å². The van der Waals surface area contributed by atoms with Crippen LogP contribution in [0.2, 0.25) is 0 Å². The molecule has 12 heteroatoms. The monoisotopic (exact) mass is 434 g/mol. The summed E-state index contributed by atoms with van der Waals surface area (Å²) in [4.78, 5) is 23.4. The molecule has 4 N–H and O–H groups in total. The summed E-state index contributed by atoms with van der Waals surface area (Å²) in [5.74, 6) is -2.51. The number of rotatable bonds is 18. The van der Waals surface area contributed by atoms with Crippen LogP contribution in [-0.2, 0) is 41.3 Å². The molecule has 0 atom stereocenters. The molecule has 0 saturated heterocycles. The van der Waals surface area contributed by atoms with Gasteiger partial charge in [0.15, 0.2) is 13.6 Å². The summed E-state index contributed by atoms with van der Waals surface area (Å²) < 4.78 is 29.3. The highest BCUT2D eigenvalue weighted by Gasteiger charge is 2.22. The Labute approximate surface area is 172 Å². The molecule has 1 aromatic carbocycles. The number of aromatic carboxylic acids is 2. The van der Waals surface area contributed by atoms with E-state index in [0.29, 0.717) is 5.56 Å². The highest BCUT2D eigenvalue weighted by molar-refractivity contribution is 5.97. The van der Waals surface area contributed by atoms with Gasteiger partial charge in [-0.25, -0.2) is 9.59 Å². The highest BCUT2D eigenvalue weighted by atomic mass is 16.8. The van der Waals surface area contributed by atoms with Gasteiger partial charge in [-0.2, -0.15) is 0 Å². The molecule has 0 aliphatic carbocycles. The van der Waals surface area contributed by atoms with Crippen molar-refractivity contribution in [2.75, 3.05) is 54.0 Å². The van der Waals surface area contributed by atoms with Gasteiger partial charge in [-0.3, -0.25) is 0 Å². The lowest BCUT2D eigenvalue weighted by atomic mass is 9.92. The first kappa shape index (κ1) is 25.9. The Balaban J connectivity index is 2.74. The zero-order valence-corrected chi connectivity index (χ0v) is 16.3. The average molecular weight is 434 g/mol. The number of carbonyl (C=O) groups is 2. The van der Waals surface area contributed by atoms with Gasteiger partial charge in [0.1, 0.15) is 27.2 Å². The van der Waals surface area contributed by atoms with E-state index in [9.17, 15) is 19.8 Å². The van der Waals surface area contributed by atoms with Crippen LogP contribution in [0.5, 0.6) is 0 Å². The second kappa shape index (κ2) is 15.6. The van der Waals surface area contributed by atoms with Crippen LogP contribution in [-0.4, -0.2) is 86.3 Å². The molecular weight excluding hydrogens is 408 g/mol. The summed E-state index contributed by atoms with van der Waals surface area (Å²) in [6.45, 7) is -1.45. The van der Waals surface area contributed by atoms with Crippen molar-refractivity contribution < 1.29 is 58.4 Å². The topological polar surface area (TPSA) is 170 Å². The molecule has 0 aliphatic rings. The molecule has 1 rings (SSSR count). The predicted molar refractivity (Wildman–Crippen MR) is 97.7 cm³/mol. The Hall–Kier alpha value is -2.16. The number of ether oxygens (including phenoxy) is 6. The van der Waals surface area contributed by atoms with Crippen molar-refractivity contribution in [2.24, 2.45) is 0 Å². The third kappa shape index (κ3) is 9.56. The van der Waals surface area contributed by atoms with E-state index in [-0.39, 0.29) is 69.9 Å². The summed E-state index contributed by atoms with van der Waals surface area (Å²) in [5, 5.41) is 36.0. The maximum atomic E-state index is 11.8. The van der Waals surface area contributed by atoms with E-state index in [2.05, 4.69) is 9.47 Å². The van der Waals surface area contributed by atoms with E-state index in [4.69, 9.17) is 29.2 Å². The molecule has 0 radical (unpaired) electrons.